The lowest BCUT2D eigenvalue weighted by Gasteiger charge is -2.33. The Labute approximate surface area is 150 Å². The highest BCUT2D eigenvalue weighted by Gasteiger charge is 2.27. The summed E-state index contributed by atoms with van der Waals surface area (Å²) in [5, 5.41) is 3.41. The summed E-state index contributed by atoms with van der Waals surface area (Å²) in [4.78, 5) is 18.4. The van der Waals surface area contributed by atoms with Gasteiger partial charge in [-0.05, 0) is 49.9 Å². The third kappa shape index (κ3) is 5.37. The van der Waals surface area contributed by atoms with Crippen LogP contribution in [0.2, 0.25) is 0 Å². The van der Waals surface area contributed by atoms with Crippen LogP contribution in [0.4, 0.5) is 0 Å². The van der Waals surface area contributed by atoms with E-state index in [-0.39, 0.29) is 11.9 Å². The van der Waals surface area contributed by atoms with Crippen LogP contribution in [-0.4, -0.2) is 50.7 Å². The maximum absolute atomic E-state index is 11.8. The standard InChI is InChI=1S/C19H29N3O3/c1-5-25-18(23)16-6-8-22(9-7-16)19(20-3)21-13-15-10-14(2)11-17(12-15)24-4/h10-12,16H,5-9,13H2,1-4H3,(H,20,21). The summed E-state index contributed by atoms with van der Waals surface area (Å²) in [6.07, 6.45) is 1.61. The molecule has 0 aliphatic carbocycles. The van der Waals surface area contributed by atoms with Gasteiger partial charge in [-0.3, -0.25) is 9.79 Å². The maximum atomic E-state index is 11.8. The number of ether oxygens (including phenoxy) is 2. The molecular formula is C19H29N3O3. The Bertz CT molecular complexity index is 608. The van der Waals surface area contributed by atoms with Gasteiger partial charge >= 0.3 is 5.97 Å². The van der Waals surface area contributed by atoms with Crippen LogP contribution < -0.4 is 10.1 Å². The van der Waals surface area contributed by atoms with E-state index in [1.807, 2.05) is 19.1 Å². The molecule has 1 fully saturated rings. The molecule has 1 aromatic rings. The summed E-state index contributed by atoms with van der Waals surface area (Å²) < 4.78 is 10.5. The summed E-state index contributed by atoms with van der Waals surface area (Å²) >= 11 is 0. The van der Waals surface area contributed by atoms with Crippen molar-refractivity contribution in [2.24, 2.45) is 10.9 Å². The average molecular weight is 347 g/mol. The second-order valence-electron chi connectivity index (χ2n) is 6.27. The lowest BCUT2D eigenvalue weighted by Crippen LogP contribution is -2.46. The van der Waals surface area contributed by atoms with Crippen molar-refractivity contribution in [2.45, 2.75) is 33.2 Å². The number of nitrogens with zero attached hydrogens (tertiary/aromatic N) is 2. The second-order valence-corrected chi connectivity index (χ2v) is 6.27. The van der Waals surface area contributed by atoms with Crippen molar-refractivity contribution in [3.8, 4) is 5.75 Å². The van der Waals surface area contributed by atoms with Crippen LogP contribution in [-0.2, 0) is 16.1 Å². The number of piperidine rings is 1. The van der Waals surface area contributed by atoms with Gasteiger partial charge in [0.15, 0.2) is 5.96 Å². The number of aryl methyl sites for hydroxylation is 1. The highest BCUT2D eigenvalue weighted by molar-refractivity contribution is 5.80. The van der Waals surface area contributed by atoms with E-state index < -0.39 is 0 Å². The van der Waals surface area contributed by atoms with Gasteiger partial charge in [-0.25, -0.2) is 0 Å². The van der Waals surface area contributed by atoms with Gasteiger partial charge in [-0.2, -0.15) is 0 Å². The molecule has 1 heterocycles. The molecular weight excluding hydrogens is 318 g/mol. The van der Waals surface area contributed by atoms with Crippen molar-refractivity contribution < 1.29 is 14.3 Å². The zero-order valence-corrected chi connectivity index (χ0v) is 15.7. The van der Waals surface area contributed by atoms with Gasteiger partial charge in [0, 0.05) is 26.7 Å². The second kappa shape index (κ2) is 9.30. The van der Waals surface area contributed by atoms with Crippen molar-refractivity contribution in [1.29, 1.82) is 0 Å². The number of carbonyl (C=O) groups is 1. The molecule has 0 aromatic heterocycles. The van der Waals surface area contributed by atoms with E-state index in [1.54, 1.807) is 14.2 Å². The van der Waals surface area contributed by atoms with E-state index in [2.05, 4.69) is 28.2 Å². The highest BCUT2D eigenvalue weighted by Crippen LogP contribution is 2.19. The van der Waals surface area contributed by atoms with Crippen LogP contribution in [0.1, 0.15) is 30.9 Å². The summed E-state index contributed by atoms with van der Waals surface area (Å²) in [6, 6.07) is 6.18. The van der Waals surface area contributed by atoms with Gasteiger partial charge in [0.1, 0.15) is 5.75 Å². The molecule has 138 valence electrons. The monoisotopic (exact) mass is 347 g/mol. The molecule has 0 radical (unpaired) electrons. The van der Waals surface area contributed by atoms with Crippen molar-refractivity contribution >= 4 is 11.9 Å². The smallest absolute Gasteiger partial charge is 0.309 e. The maximum Gasteiger partial charge on any atom is 0.309 e. The Morgan fingerprint density at radius 2 is 2.04 bits per heavy atom. The predicted molar refractivity (Wildman–Crippen MR) is 98.9 cm³/mol. The number of nitrogens with one attached hydrogen (secondary N) is 1. The number of benzene rings is 1. The minimum atomic E-state index is -0.0723. The number of guanidine groups is 1. The molecule has 0 spiro atoms. The lowest BCUT2D eigenvalue weighted by atomic mass is 9.97. The SMILES string of the molecule is CCOC(=O)C1CCN(C(=NC)NCc2cc(C)cc(OC)c2)CC1. The third-order valence-corrected chi connectivity index (χ3v) is 4.42. The number of likely N-dealkylation sites (tertiary alicyclic amines) is 1. The van der Waals surface area contributed by atoms with Gasteiger partial charge in [0.25, 0.3) is 0 Å². The van der Waals surface area contributed by atoms with Gasteiger partial charge in [0.2, 0.25) is 0 Å². The van der Waals surface area contributed by atoms with E-state index in [1.165, 1.54) is 5.56 Å². The Morgan fingerprint density at radius 3 is 2.64 bits per heavy atom. The molecule has 2 rings (SSSR count). The number of rotatable bonds is 5. The molecule has 0 bridgehead atoms. The van der Waals surface area contributed by atoms with E-state index in [4.69, 9.17) is 9.47 Å². The van der Waals surface area contributed by atoms with Crippen LogP contribution in [0.25, 0.3) is 0 Å². The van der Waals surface area contributed by atoms with Gasteiger partial charge in [0.05, 0.1) is 19.6 Å². The zero-order chi connectivity index (χ0) is 18.2. The fourth-order valence-electron chi connectivity index (χ4n) is 3.14. The topological polar surface area (TPSA) is 63.2 Å². The fraction of sp³-hybridized carbons (Fsp3) is 0.579. The van der Waals surface area contributed by atoms with Crippen LogP contribution in [0.5, 0.6) is 5.75 Å². The minimum Gasteiger partial charge on any atom is -0.497 e. The molecule has 0 amide bonds. The summed E-state index contributed by atoms with van der Waals surface area (Å²) in [6.45, 7) is 6.64. The largest absolute Gasteiger partial charge is 0.497 e. The van der Waals surface area contributed by atoms with Crippen molar-refractivity contribution in [2.75, 3.05) is 33.9 Å². The Balaban J connectivity index is 1.89. The molecule has 1 aliphatic rings. The number of aliphatic imine (C=N–C) groups is 1. The molecule has 1 aromatic carbocycles. The zero-order valence-electron chi connectivity index (χ0n) is 15.7. The Hall–Kier alpha value is -2.24. The first-order chi connectivity index (χ1) is 12.1. The molecule has 1 N–H and O–H groups in total. The quantitative estimate of drug-likeness (QED) is 0.503. The third-order valence-electron chi connectivity index (χ3n) is 4.42. The van der Waals surface area contributed by atoms with E-state index in [0.29, 0.717) is 13.2 Å². The van der Waals surface area contributed by atoms with Crippen molar-refractivity contribution in [3.63, 3.8) is 0 Å². The van der Waals surface area contributed by atoms with Crippen LogP contribution in [0.15, 0.2) is 23.2 Å². The van der Waals surface area contributed by atoms with E-state index in [9.17, 15) is 4.79 Å². The van der Waals surface area contributed by atoms with Crippen LogP contribution in [0, 0.1) is 12.8 Å². The number of carbonyl (C=O) groups excluding carboxylic acids is 1. The summed E-state index contributed by atoms with van der Waals surface area (Å²) in [5.41, 5.74) is 2.32. The number of methoxy groups -OCH3 is 1. The highest BCUT2D eigenvalue weighted by atomic mass is 16.5. The fourth-order valence-corrected chi connectivity index (χ4v) is 3.14. The summed E-state index contributed by atoms with van der Waals surface area (Å²) in [5.74, 6) is 1.66. The number of esters is 1. The Morgan fingerprint density at radius 1 is 1.32 bits per heavy atom. The molecule has 0 unspecified atom stereocenters. The number of hydrogen-bond acceptors (Lipinski definition) is 4. The van der Waals surface area contributed by atoms with Crippen LogP contribution >= 0.6 is 0 Å². The Kier molecular flexibility index (Phi) is 7.10. The van der Waals surface area contributed by atoms with Gasteiger partial charge < -0.3 is 19.7 Å². The van der Waals surface area contributed by atoms with E-state index in [0.717, 1.165) is 43.2 Å². The lowest BCUT2D eigenvalue weighted by molar-refractivity contribution is -0.149. The first-order valence-corrected chi connectivity index (χ1v) is 8.84. The summed E-state index contributed by atoms with van der Waals surface area (Å²) in [7, 11) is 3.47. The first-order valence-electron chi connectivity index (χ1n) is 8.84. The molecule has 6 nitrogen and oxygen atoms in total. The molecule has 0 saturated carbocycles. The predicted octanol–water partition coefficient (Wildman–Crippen LogP) is 2.35. The molecule has 6 heteroatoms. The normalized spacial score (nSPS) is 15.8. The van der Waals surface area contributed by atoms with Gasteiger partial charge in [-0.1, -0.05) is 6.07 Å². The van der Waals surface area contributed by atoms with Gasteiger partial charge in [-0.15, -0.1) is 0 Å². The first kappa shape index (κ1) is 19.1. The molecule has 1 saturated heterocycles. The van der Waals surface area contributed by atoms with Crippen LogP contribution in [0.3, 0.4) is 0 Å². The minimum absolute atomic E-state index is 0.00957. The molecule has 1 aliphatic heterocycles. The average Bonchev–Trinajstić information content (AvgIpc) is 2.62. The van der Waals surface area contributed by atoms with Crippen molar-refractivity contribution in [3.05, 3.63) is 29.3 Å². The van der Waals surface area contributed by atoms with Crippen molar-refractivity contribution in [1.82, 2.24) is 10.2 Å². The van der Waals surface area contributed by atoms with E-state index >= 15 is 0 Å². The number of hydrogen-bond donors (Lipinski definition) is 1. The molecule has 0 atom stereocenters. The molecule has 25 heavy (non-hydrogen) atoms.